The van der Waals surface area contributed by atoms with Gasteiger partial charge >= 0.3 is 5.97 Å². The average Bonchev–Trinajstić information content (AvgIpc) is 3.04. The molecule has 0 spiro atoms. The van der Waals surface area contributed by atoms with E-state index in [1.807, 2.05) is 30.3 Å². The van der Waals surface area contributed by atoms with Crippen LogP contribution in [0.25, 0.3) is 0 Å². The van der Waals surface area contributed by atoms with Gasteiger partial charge < -0.3 is 9.64 Å². The number of Topliss-reactive ketones (excluding diaryl/α,β-unsaturated/α-hetero) is 1. The second-order valence-electron chi connectivity index (χ2n) is 6.19. The first-order valence-corrected chi connectivity index (χ1v) is 8.69. The van der Waals surface area contributed by atoms with E-state index in [1.54, 1.807) is 29.2 Å². The molecular weight excluding hydrogens is 354 g/mol. The lowest BCUT2D eigenvalue weighted by atomic mass is 10.1. The molecule has 2 aromatic rings. The van der Waals surface area contributed by atoms with Gasteiger partial charge in [-0.3, -0.25) is 14.4 Å². The number of ether oxygens (including phenoxy) is 1. The zero-order valence-corrected chi connectivity index (χ0v) is 15.0. The van der Waals surface area contributed by atoms with E-state index < -0.39 is 18.0 Å². The van der Waals surface area contributed by atoms with Gasteiger partial charge in [0.15, 0.2) is 6.10 Å². The van der Waals surface area contributed by atoms with E-state index in [2.05, 4.69) is 0 Å². The summed E-state index contributed by atoms with van der Waals surface area (Å²) in [6, 6.07) is 15.6. The number of rotatable bonds is 5. The van der Waals surface area contributed by atoms with Crippen LogP contribution >= 0.6 is 11.6 Å². The Kier molecular flexibility index (Phi) is 5.38. The van der Waals surface area contributed by atoms with Crippen LogP contribution in [-0.4, -0.2) is 30.3 Å². The number of halogens is 1. The standard InChI is InChI=1S/C20H18ClNO4/c1-13(19(24)14-7-9-16(21)10-8-14)26-20(25)15-11-18(23)22(12-15)17-5-3-2-4-6-17/h2-10,13,15H,11-12H2,1H3/t13-,15+/m0/s1. The summed E-state index contributed by atoms with van der Waals surface area (Å²) in [7, 11) is 0. The van der Waals surface area contributed by atoms with Gasteiger partial charge in [0.05, 0.1) is 5.92 Å². The smallest absolute Gasteiger partial charge is 0.312 e. The van der Waals surface area contributed by atoms with Crippen LogP contribution in [0.15, 0.2) is 54.6 Å². The molecule has 26 heavy (non-hydrogen) atoms. The van der Waals surface area contributed by atoms with Crippen LogP contribution in [0.4, 0.5) is 5.69 Å². The summed E-state index contributed by atoms with van der Waals surface area (Å²) in [5.41, 5.74) is 1.17. The highest BCUT2D eigenvalue weighted by molar-refractivity contribution is 6.30. The molecule has 1 amide bonds. The van der Waals surface area contributed by atoms with Crippen molar-refractivity contribution in [3.8, 4) is 0 Å². The Bertz CT molecular complexity index is 819. The second kappa shape index (κ2) is 7.70. The lowest BCUT2D eigenvalue weighted by molar-refractivity contribution is -0.151. The fraction of sp³-hybridized carbons (Fsp3) is 0.250. The predicted octanol–water partition coefficient (Wildman–Crippen LogP) is 3.51. The highest BCUT2D eigenvalue weighted by Gasteiger charge is 2.37. The molecule has 0 aromatic heterocycles. The molecule has 1 heterocycles. The summed E-state index contributed by atoms with van der Waals surface area (Å²) in [5, 5.41) is 0.525. The number of carbonyl (C=O) groups excluding carboxylic acids is 3. The highest BCUT2D eigenvalue weighted by Crippen LogP contribution is 2.26. The van der Waals surface area contributed by atoms with Gasteiger partial charge in [-0.05, 0) is 43.3 Å². The molecule has 0 bridgehead atoms. The molecule has 2 atom stereocenters. The van der Waals surface area contributed by atoms with E-state index >= 15 is 0 Å². The van der Waals surface area contributed by atoms with Crippen molar-refractivity contribution in [1.29, 1.82) is 0 Å². The van der Waals surface area contributed by atoms with Crippen molar-refractivity contribution in [2.75, 3.05) is 11.4 Å². The molecule has 1 saturated heterocycles. The molecule has 5 nitrogen and oxygen atoms in total. The average molecular weight is 372 g/mol. The predicted molar refractivity (Wildman–Crippen MR) is 98.2 cm³/mol. The third-order valence-electron chi connectivity index (χ3n) is 4.32. The number of esters is 1. The first kappa shape index (κ1) is 18.1. The Hall–Kier alpha value is -2.66. The van der Waals surface area contributed by atoms with Gasteiger partial charge in [0.25, 0.3) is 0 Å². The minimum Gasteiger partial charge on any atom is -0.454 e. The third-order valence-corrected chi connectivity index (χ3v) is 4.57. The molecular formula is C20H18ClNO4. The number of ketones is 1. The van der Waals surface area contributed by atoms with Gasteiger partial charge in [0.2, 0.25) is 11.7 Å². The third kappa shape index (κ3) is 3.94. The summed E-state index contributed by atoms with van der Waals surface area (Å²) in [4.78, 5) is 38.5. The summed E-state index contributed by atoms with van der Waals surface area (Å²) in [6.45, 7) is 1.78. The minimum atomic E-state index is -0.926. The van der Waals surface area contributed by atoms with Crippen LogP contribution in [0.5, 0.6) is 0 Å². The number of anilines is 1. The number of hydrogen-bond acceptors (Lipinski definition) is 4. The molecule has 0 N–H and O–H groups in total. The zero-order valence-electron chi connectivity index (χ0n) is 14.2. The molecule has 2 aromatic carbocycles. The SMILES string of the molecule is C[C@H](OC(=O)[C@@H]1CC(=O)N(c2ccccc2)C1)C(=O)c1ccc(Cl)cc1. The number of para-hydroxylation sites is 1. The van der Waals surface area contributed by atoms with E-state index in [0.717, 1.165) is 5.69 Å². The van der Waals surface area contributed by atoms with Gasteiger partial charge in [0, 0.05) is 29.2 Å². The number of hydrogen-bond donors (Lipinski definition) is 0. The molecule has 0 unspecified atom stereocenters. The summed E-state index contributed by atoms with van der Waals surface area (Å²) in [5.74, 6) is -1.55. The largest absolute Gasteiger partial charge is 0.454 e. The highest BCUT2D eigenvalue weighted by atomic mass is 35.5. The van der Waals surface area contributed by atoms with E-state index in [4.69, 9.17) is 16.3 Å². The van der Waals surface area contributed by atoms with Crippen LogP contribution in [0.2, 0.25) is 5.02 Å². The number of nitrogens with zero attached hydrogens (tertiary/aromatic N) is 1. The fourth-order valence-corrected chi connectivity index (χ4v) is 3.02. The minimum absolute atomic E-state index is 0.0790. The lowest BCUT2D eigenvalue weighted by Crippen LogP contribution is -2.30. The summed E-state index contributed by atoms with van der Waals surface area (Å²) in [6.07, 6.45) is -0.847. The van der Waals surface area contributed by atoms with Crippen molar-refractivity contribution in [3.63, 3.8) is 0 Å². The summed E-state index contributed by atoms with van der Waals surface area (Å²) >= 11 is 5.81. The summed E-state index contributed by atoms with van der Waals surface area (Å²) < 4.78 is 5.31. The van der Waals surface area contributed by atoms with Crippen molar-refractivity contribution >= 4 is 34.9 Å². The maximum Gasteiger partial charge on any atom is 0.312 e. The van der Waals surface area contributed by atoms with Crippen molar-refractivity contribution in [1.82, 2.24) is 0 Å². The van der Waals surface area contributed by atoms with Crippen LogP contribution in [0.1, 0.15) is 23.7 Å². The maximum absolute atomic E-state index is 12.4. The Morgan fingerprint density at radius 2 is 1.77 bits per heavy atom. The van der Waals surface area contributed by atoms with E-state index in [0.29, 0.717) is 10.6 Å². The van der Waals surface area contributed by atoms with E-state index in [-0.39, 0.29) is 24.7 Å². The van der Waals surface area contributed by atoms with Gasteiger partial charge in [0.1, 0.15) is 0 Å². The Morgan fingerprint density at radius 3 is 2.42 bits per heavy atom. The Morgan fingerprint density at radius 1 is 1.12 bits per heavy atom. The molecule has 0 saturated carbocycles. The van der Waals surface area contributed by atoms with Crippen LogP contribution < -0.4 is 4.90 Å². The van der Waals surface area contributed by atoms with Crippen molar-refractivity contribution in [2.45, 2.75) is 19.4 Å². The molecule has 6 heteroatoms. The van der Waals surface area contributed by atoms with Crippen molar-refractivity contribution in [2.24, 2.45) is 5.92 Å². The topological polar surface area (TPSA) is 63.7 Å². The Balaban J connectivity index is 1.62. The number of carbonyl (C=O) groups is 3. The van der Waals surface area contributed by atoms with Gasteiger partial charge in [-0.15, -0.1) is 0 Å². The zero-order chi connectivity index (χ0) is 18.7. The van der Waals surface area contributed by atoms with Crippen molar-refractivity contribution in [3.05, 3.63) is 65.2 Å². The van der Waals surface area contributed by atoms with Crippen LogP contribution in [0.3, 0.4) is 0 Å². The maximum atomic E-state index is 12.4. The van der Waals surface area contributed by atoms with E-state index in [9.17, 15) is 14.4 Å². The normalized spacial score (nSPS) is 17.8. The monoisotopic (exact) mass is 371 g/mol. The van der Waals surface area contributed by atoms with Crippen LogP contribution in [-0.2, 0) is 14.3 Å². The first-order valence-electron chi connectivity index (χ1n) is 8.31. The molecule has 0 radical (unpaired) electrons. The molecule has 3 rings (SSSR count). The molecule has 1 aliphatic heterocycles. The Labute approximate surface area is 156 Å². The molecule has 134 valence electrons. The lowest BCUT2D eigenvalue weighted by Gasteiger charge is -2.17. The second-order valence-corrected chi connectivity index (χ2v) is 6.63. The van der Waals surface area contributed by atoms with Crippen molar-refractivity contribution < 1.29 is 19.1 Å². The van der Waals surface area contributed by atoms with Gasteiger partial charge in [-0.2, -0.15) is 0 Å². The molecule has 0 aliphatic carbocycles. The van der Waals surface area contributed by atoms with E-state index in [1.165, 1.54) is 6.92 Å². The van der Waals surface area contributed by atoms with Gasteiger partial charge in [-0.1, -0.05) is 29.8 Å². The van der Waals surface area contributed by atoms with Crippen LogP contribution in [0, 0.1) is 5.92 Å². The van der Waals surface area contributed by atoms with Gasteiger partial charge in [-0.25, -0.2) is 0 Å². The molecule has 1 fully saturated rings. The quantitative estimate of drug-likeness (QED) is 0.596. The number of benzene rings is 2. The fourth-order valence-electron chi connectivity index (χ4n) is 2.90. The molecule has 1 aliphatic rings. The first-order chi connectivity index (χ1) is 12.5. The number of amides is 1.